The normalized spacial score (nSPS) is 27.1. The highest BCUT2D eigenvalue weighted by Gasteiger charge is 2.26. The van der Waals surface area contributed by atoms with Gasteiger partial charge in [-0.15, -0.1) is 0 Å². The number of piperazine rings is 1. The highest BCUT2D eigenvalue weighted by molar-refractivity contribution is 5.53. The fourth-order valence-electron chi connectivity index (χ4n) is 2.30. The Bertz CT molecular complexity index is 335. The second kappa shape index (κ2) is 4.34. The number of hydrogen-bond donors (Lipinski definition) is 1. The fraction of sp³-hybridized carbons (Fsp3) is 0.538. The van der Waals surface area contributed by atoms with Gasteiger partial charge in [-0.05, 0) is 45.2 Å². The molecule has 2 rings (SSSR count). The minimum absolute atomic E-state index is 0.598. The summed E-state index contributed by atoms with van der Waals surface area (Å²) in [6.45, 7) is 6.73. The molecular formula is C13H21N3. The van der Waals surface area contributed by atoms with Gasteiger partial charge in [-0.3, -0.25) is 4.90 Å². The molecule has 0 bridgehead atoms. The molecule has 16 heavy (non-hydrogen) atoms. The minimum atomic E-state index is 0.598. The SMILES string of the molecule is C[C@@H]1CN(c2ccc(N)cc2)C[C@H](C)N1C. The van der Waals surface area contributed by atoms with Crippen molar-refractivity contribution < 1.29 is 0 Å². The molecule has 2 N–H and O–H groups in total. The molecule has 0 spiro atoms. The number of benzene rings is 1. The molecule has 1 aliphatic heterocycles. The predicted molar refractivity (Wildman–Crippen MR) is 69.8 cm³/mol. The van der Waals surface area contributed by atoms with Crippen LogP contribution in [0.15, 0.2) is 24.3 Å². The number of hydrogen-bond acceptors (Lipinski definition) is 3. The lowest BCUT2D eigenvalue weighted by atomic mass is 10.1. The van der Waals surface area contributed by atoms with Crippen LogP contribution in [0.4, 0.5) is 11.4 Å². The second-order valence-corrected chi connectivity index (χ2v) is 4.86. The monoisotopic (exact) mass is 219 g/mol. The van der Waals surface area contributed by atoms with E-state index >= 15 is 0 Å². The number of rotatable bonds is 1. The second-order valence-electron chi connectivity index (χ2n) is 4.86. The minimum Gasteiger partial charge on any atom is -0.399 e. The zero-order valence-electron chi connectivity index (χ0n) is 10.4. The first-order valence-corrected chi connectivity index (χ1v) is 5.90. The van der Waals surface area contributed by atoms with Crippen LogP contribution in [-0.2, 0) is 0 Å². The van der Waals surface area contributed by atoms with Crippen molar-refractivity contribution in [3.8, 4) is 0 Å². The van der Waals surface area contributed by atoms with Crippen LogP contribution in [0.3, 0.4) is 0 Å². The van der Waals surface area contributed by atoms with Crippen molar-refractivity contribution in [3.63, 3.8) is 0 Å². The molecule has 3 nitrogen and oxygen atoms in total. The third-order valence-electron chi connectivity index (χ3n) is 3.62. The van der Waals surface area contributed by atoms with Crippen molar-refractivity contribution in [2.24, 2.45) is 0 Å². The molecule has 1 aromatic rings. The van der Waals surface area contributed by atoms with Crippen molar-refractivity contribution in [2.45, 2.75) is 25.9 Å². The van der Waals surface area contributed by atoms with Crippen LogP contribution in [0.5, 0.6) is 0 Å². The summed E-state index contributed by atoms with van der Waals surface area (Å²) in [6, 6.07) is 9.37. The molecule has 88 valence electrons. The number of likely N-dealkylation sites (N-methyl/N-ethyl adjacent to an activating group) is 1. The van der Waals surface area contributed by atoms with Gasteiger partial charge < -0.3 is 10.6 Å². The number of anilines is 2. The molecule has 0 radical (unpaired) electrons. The first-order chi connectivity index (χ1) is 7.58. The average Bonchev–Trinajstić information content (AvgIpc) is 2.26. The lowest BCUT2D eigenvalue weighted by Gasteiger charge is -2.43. The van der Waals surface area contributed by atoms with Gasteiger partial charge in [-0.2, -0.15) is 0 Å². The largest absolute Gasteiger partial charge is 0.399 e. The zero-order chi connectivity index (χ0) is 11.7. The van der Waals surface area contributed by atoms with Crippen molar-refractivity contribution >= 4 is 11.4 Å². The maximum Gasteiger partial charge on any atom is 0.0368 e. The van der Waals surface area contributed by atoms with Crippen molar-refractivity contribution in [3.05, 3.63) is 24.3 Å². The molecule has 0 aliphatic carbocycles. The van der Waals surface area contributed by atoms with Crippen LogP contribution in [0, 0.1) is 0 Å². The molecule has 0 amide bonds. The van der Waals surface area contributed by atoms with Gasteiger partial charge in [0.2, 0.25) is 0 Å². The highest BCUT2D eigenvalue weighted by Crippen LogP contribution is 2.22. The Morgan fingerprint density at radius 3 is 2.06 bits per heavy atom. The average molecular weight is 219 g/mol. The Morgan fingerprint density at radius 2 is 1.56 bits per heavy atom. The Kier molecular flexibility index (Phi) is 3.06. The molecule has 1 saturated heterocycles. The van der Waals surface area contributed by atoms with Crippen LogP contribution in [0.25, 0.3) is 0 Å². The predicted octanol–water partition coefficient (Wildman–Crippen LogP) is 1.80. The Hall–Kier alpha value is -1.22. The summed E-state index contributed by atoms with van der Waals surface area (Å²) < 4.78 is 0. The van der Waals surface area contributed by atoms with Crippen LogP contribution in [0.2, 0.25) is 0 Å². The van der Waals surface area contributed by atoms with Gasteiger partial charge in [0, 0.05) is 36.5 Å². The van der Waals surface area contributed by atoms with Crippen LogP contribution in [-0.4, -0.2) is 37.1 Å². The van der Waals surface area contributed by atoms with E-state index in [1.165, 1.54) is 5.69 Å². The van der Waals surface area contributed by atoms with E-state index in [0.717, 1.165) is 18.8 Å². The van der Waals surface area contributed by atoms with E-state index in [-0.39, 0.29) is 0 Å². The third-order valence-corrected chi connectivity index (χ3v) is 3.62. The van der Waals surface area contributed by atoms with Gasteiger partial charge in [0.1, 0.15) is 0 Å². The standard InChI is InChI=1S/C13H21N3/c1-10-8-16(9-11(2)15(10)3)13-6-4-12(14)5-7-13/h4-7,10-11H,8-9,14H2,1-3H3/t10-,11+. The first-order valence-electron chi connectivity index (χ1n) is 5.90. The Balaban J connectivity index is 2.13. The van der Waals surface area contributed by atoms with E-state index < -0.39 is 0 Å². The summed E-state index contributed by atoms with van der Waals surface area (Å²) >= 11 is 0. The van der Waals surface area contributed by atoms with Crippen molar-refractivity contribution in [2.75, 3.05) is 30.8 Å². The molecule has 1 aromatic carbocycles. The maximum atomic E-state index is 5.71. The van der Waals surface area contributed by atoms with E-state index in [2.05, 4.69) is 42.8 Å². The molecule has 0 unspecified atom stereocenters. The van der Waals surface area contributed by atoms with Crippen LogP contribution < -0.4 is 10.6 Å². The smallest absolute Gasteiger partial charge is 0.0368 e. The number of nitrogen functional groups attached to an aromatic ring is 1. The summed E-state index contributed by atoms with van der Waals surface area (Å²) in [6.07, 6.45) is 0. The van der Waals surface area contributed by atoms with Gasteiger partial charge >= 0.3 is 0 Å². The summed E-state index contributed by atoms with van der Waals surface area (Å²) in [5, 5.41) is 0. The van der Waals surface area contributed by atoms with Crippen LogP contribution >= 0.6 is 0 Å². The van der Waals surface area contributed by atoms with Gasteiger partial charge in [0.15, 0.2) is 0 Å². The van der Waals surface area contributed by atoms with E-state index in [1.807, 2.05) is 12.1 Å². The van der Waals surface area contributed by atoms with Gasteiger partial charge in [-0.25, -0.2) is 0 Å². The molecule has 3 heteroatoms. The molecule has 0 saturated carbocycles. The maximum absolute atomic E-state index is 5.71. The Labute approximate surface area is 97.8 Å². The summed E-state index contributed by atoms with van der Waals surface area (Å²) in [5.74, 6) is 0. The summed E-state index contributed by atoms with van der Waals surface area (Å²) in [5.41, 5.74) is 7.82. The van der Waals surface area contributed by atoms with E-state index in [0.29, 0.717) is 12.1 Å². The van der Waals surface area contributed by atoms with E-state index in [4.69, 9.17) is 5.73 Å². The Morgan fingerprint density at radius 1 is 1.06 bits per heavy atom. The highest BCUT2D eigenvalue weighted by atomic mass is 15.3. The first kappa shape index (κ1) is 11.3. The van der Waals surface area contributed by atoms with Gasteiger partial charge in [0.05, 0.1) is 0 Å². The molecule has 2 atom stereocenters. The topological polar surface area (TPSA) is 32.5 Å². The number of nitrogens with two attached hydrogens (primary N) is 1. The molecule has 1 fully saturated rings. The molecule has 0 aromatic heterocycles. The quantitative estimate of drug-likeness (QED) is 0.731. The van der Waals surface area contributed by atoms with E-state index in [9.17, 15) is 0 Å². The number of nitrogens with zero attached hydrogens (tertiary/aromatic N) is 2. The molecule has 1 heterocycles. The van der Waals surface area contributed by atoms with Crippen LogP contribution in [0.1, 0.15) is 13.8 Å². The zero-order valence-corrected chi connectivity index (χ0v) is 10.4. The van der Waals surface area contributed by atoms with E-state index in [1.54, 1.807) is 0 Å². The summed E-state index contributed by atoms with van der Waals surface area (Å²) in [7, 11) is 2.20. The molecular weight excluding hydrogens is 198 g/mol. The van der Waals surface area contributed by atoms with Crippen molar-refractivity contribution in [1.29, 1.82) is 0 Å². The van der Waals surface area contributed by atoms with Gasteiger partial charge in [-0.1, -0.05) is 0 Å². The van der Waals surface area contributed by atoms with Crippen molar-refractivity contribution in [1.82, 2.24) is 4.90 Å². The third kappa shape index (κ3) is 2.14. The molecule has 1 aliphatic rings. The fourth-order valence-corrected chi connectivity index (χ4v) is 2.30. The summed E-state index contributed by atoms with van der Waals surface area (Å²) in [4.78, 5) is 4.88. The van der Waals surface area contributed by atoms with Gasteiger partial charge in [0.25, 0.3) is 0 Å². The lowest BCUT2D eigenvalue weighted by molar-refractivity contribution is 0.170. The lowest BCUT2D eigenvalue weighted by Crippen LogP contribution is -2.55.